The van der Waals surface area contributed by atoms with Gasteiger partial charge in [-0.3, -0.25) is 9.88 Å². The summed E-state index contributed by atoms with van der Waals surface area (Å²) >= 11 is 0. The first kappa shape index (κ1) is 23.0. The second kappa shape index (κ2) is 10.6. The fraction of sp³-hybridized carbons (Fsp3) is 0.333. The molecule has 6 nitrogen and oxygen atoms in total. The van der Waals surface area contributed by atoms with Crippen LogP contribution in [0.25, 0.3) is 11.1 Å². The minimum absolute atomic E-state index is 0.339. The molecule has 0 spiro atoms. The third-order valence-electron chi connectivity index (χ3n) is 6.20. The second-order valence-electron chi connectivity index (χ2n) is 8.27. The van der Waals surface area contributed by atoms with Crippen molar-refractivity contribution in [2.45, 2.75) is 33.2 Å². The summed E-state index contributed by atoms with van der Waals surface area (Å²) < 4.78 is 5.44. The zero-order valence-corrected chi connectivity index (χ0v) is 19.3. The number of aromatic nitrogens is 1. The molecule has 0 saturated carbocycles. The number of carboxylic acid groups (broad SMARTS) is 1. The second-order valence-corrected chi connectivity index (χ2v) is 8.27. The van der Waals surface area contributed by atoms with Crippen LogP contribution in [0.1, 0.15) is 40.9 Å². The molecule has 0 unspecified atom stereocenters. The summed E-state index contributed by atoms with van der Waals surface area (Å²) in [7, 11) is 0. The summed E-state index contributed by atoms with van der Waals surface area (Å²) in [5.41, 5.74) is 7.39. The number of ether oxygens (including phenoxy) is 1. The quantitative estimate of drug-likeness (QED) is 0.500. The molecule has 3 aromatic rings. The lowest BCUT2D eigenvalue weighted by molar-refractivity contribution is 0.0339. The molecule has 0 aliphatic carbocycles. The molecule has 1 fully saturated rings. The van der Waals surface area contributed by atoms with Crippen LogP contribution in [0, 0.1) is 0 Å². The maximum atomic E-state index is 12.3. The van der Waals surface area contributed by atoms with Crippen molar-refractivity contribution in [3.63, 3.8) is 0 Å². The van der Waals surface area contributed by atoms with Gasteiger partial charge in [-0.1, -0.05) is 26.0 Å². The number of anilines is 2. The Morgan fingerprint density at radius 2 is 1.67 bits per heavy atom. The molecule has 0 radical (unpaired) electrons. The molecule has 1 aliphatic heterocycles. The summed E-state index contributed by atoms with van der Waals surface area (Å²) in [6, 6.07) is 14.1. The van der Waals surface area contributed by atoms with Crippen LogP contribution in [0.5, 0.6) is 0 Å². The van der Waals surface area contributed by atoms with Crippen LogP contribution >= 0.6 is 0 Å². The first-order valence-electron chi connectivity index (χ1n) is 11.6. The lowest BCUT2D eigenvalue weighted by Crippen LogP contribution is -2.36. The summed E-state index contributed by atoms with van der Waals surface area (Å²) in [4.78, 5) is 18.7. The molecule has 2 N–H and O–H groups in total. The molecule has 6 heteroatoms. The maximum absolute atomic E-state index is 12.3. The average molecular weight is 446 g/mol. The smallest absolute Gasteiger partial charge is 0.338 e. The Hall–Kier alpha value is -3.22. The molecular formula is C27H31N3O3. The summed E-state index contributed by atoms with van der Waals surface area (Å²) in [5.74, 6) is -0.911. The van der Waals surface area contributed by atoms with E-state index < -0.39 is 5.97 Å². The van der Waals surface area contributed by atoms with Crippen molar-refractivity contribution >= 4 is 17.3 Å². The number of rotatable bonds is 8. The minimum atomic E-state index is -0.911. The number of aryl methyl sites for hydroxylation is 2. The zero-order valence-electron chi connectivity index (χ0n) is 19.3. The normalized spacial score (nSPS) is 14.2. The first-order valence-corrected chi connectivity index (χ1v) is 11.6. The largest absolute Gasteiger partial charge is 0.478 e. The Kier molecular flexibility index (Phi) is 7.37. The van der Waals surface area contributed by atoms with Crippen LogP contribution in [0.15, 0.2) is 54.9 Å². The van der Waals surface area contributed by atoms with E-state index in [9.17, 15) is 9.90 Å². The summed E-state index contributed by atoms with van der Waals surface area (Å²) in [6.07, 6.45) is 5.28. The Labute approximate surface area is 195 Å². The van der Waals surface area contributed by atoms with Gasteiger partial charge in [-0.25, -0.2) is 4.79 Å². The van der Waals surface area contributed by atoms with E-state index in [1.807, 2.05) is 30.3 Å². The van der Waals surface area contributed by atoms with Crippen LogP contribution in [-0.2, 0) is 24.1 Å². The molecule has 1 aliphatic rings. The Bertz CT molecular complexity index is 1080. The highest BCUT2D eigenvalue weighted by molar-refractivity contribution is 5.97. The third kappa shape index (κ3) is 5.24. The van der Waals surface area contributed by atoms with Crippen LogP contribution in [-0.4, -0.2) is 47.3 Å². The number of hydrogen-bond acceptors (Lipinski definition) is 5. The number of nitrogens with one attached hydrogen (secondary N) is 1. The van der Waals surface area contributed by atoms with E-state index in [2.05, 4.69) is 41.2 Å². The molecular weight excluding hydrogens is 414 g/mol. The number of carbonyl (C=O) groups is 1. The Morgan fingerprint density at radius 3 is 2.27 bits per heavy atom. The predicted octanol–water partition coefficient (Wildman–Crippen LogP) is 5.15. The van der Waals surface area contributed by atoms with Crippen molar-refractivity contribution < 1.29 is 14.6 Å². The van der Waals surface area contributed by atoms with E-state index in [4.69, 9.17) is 4.74 Å². The molecule has 0 atom stereocenters. The molecule has 4 rings (SSSR count). The van der Waals surface area contributed by atoms with Gasteiger partial charge in [0, 0.05) is 37.7 Å². The van der Waals surface area contributed by atoms with Gasteiger partial charge < -0.3 is 15.2 Å². The molecule has 172 valence electrons. The molecule has 33 heavy (non-hydrogen) atoms. The highest BCUT2D eigenvalue weighted by Crippen LogP contribution is 2.34. The van der Waals surface area contributed by atoms with Gasteiger partial charge in [-0.15, -0.1) is 0 Å². The van der Waals surface area contributed by atoms with Crippen molar-refractivity contribution in [3.05, 3.63) is 77.1 Å². The van der Waals surface area contributed by atoms with Gasteiger partial charge >= 0.3 is 5.97 Å². The van der Waals surface area contributed by atoms with E-state index in [1.165, 1.54) is 0 Å². The average Bonchev–Trinajstić information content (AvgIpc) is 2.85. The highest BCUT2D eigenvalue weighted by Gasteiger charge is 2.20. The standard InChI is InChI=1S/C27H31N3O3/c1-3-19-16-23(21-8-10-28-11-9-21)17-20(4-2)26(19)29-24-7-5-6-22(25(24)27(31)32)18-30-12-14-33-15-13-30/h5-11,16-17,29H,3-4,12-15,18H2,1-2H3,(H,31,32). The van der Waals surface area contributed by atoms with Crippen molar-refractivity contribution in [1.29, 1.82) is 0 Å². The van der Waals surface area contributed by atoms with Gasteiger partial charge in [0.2, 0.25) is 0 Å². The van der Waals surface area contributed by atoms with Crippen LogP contribution in [0.3, 0.4) is 0 Å². The monoisotopic (exact) mass is 445 g/mol. The first-order chi connectivity index (χ1) is 16.1. The number of benzene rings is 2. The van der Waals surface area contributed by atoms with Crippen molar-refractivity contribution in [2.24, 2.45) is 0 Å². The van der Waals surface area contributed by atoms with Gasteiger partial charge in [0.1, 0.15) is 0 Å². The Balaban J connectivity index is 1.72. The third-order valence-corrected chi connectivity index (χ3v) is 6.20. The van der Waals surface area contributed by atoms with Crippen molar-refractivity contribution in [2.75, 3.05) is 31.6 Å². The SMILES string of the molecule is CCc1cc(-c2ccncc2)cc(CC)c1Nc1cccc(CN2CCOCC2)c1C(=O)O. The number of nitrogens with zero attached hydrogens (tertiary/aromatic N) is 2. The van der Waals surface area contributed by atoms with Crippen LogP contribution < -0.4 is 5.32 Å². The minimum Gasteiger partial charge on any atom is -0.478 e. The molecule has 1 saturated heterocycles. The summed E-state index contributed by atoms with van der Waals surface area (Å²) in [5, 5.41) is 13.6. The number of hydrogen-bond donors (Lipinski definition) is 2. The zero-order chi connectivity index (χ0) is 23.2. The van der Waals surface area contributed by atoms with Gasteiger partial charge in [-0.2, -0.15) is 0 Å². The maximum Gasteiger partial charge on any atom is 0.338 e. The van der Waals surface area contributed by atoms with E-state index in [0.29, 0.717) is 31.0 Å². The number of morpholine rings is 1. The topological polar surface area (TPSA) is 74.7 Å². The van der Waals surface area contributed by atoms with Gasteiger partial charge in [0.05, 0.1) is 24.5 Å². The predicted molar refractivity (Wildman–Crippen MR) is 131 cm³/mol. The fourth-order valence-electron chi connectivity index (χ4n) is 4.42. The van der Waals surface area contributed by atoms with Crippen molar-refractivity contribution in [3.8, 4) is 11.1 Å². The summed E-state index contributed by atoms with van der Waals surface area (Å²) in [6.45, 7) is 7.85. The number of carboxylic acids is 1. The molecule has 0 amide bonds. The van der Waals surface area contributed by atoms with Crippen molar-refractivity contribution in [1.82, 2.24) is 9.88 Å². The lowest BCUT2D eigenvalue weighted by atomic mass is 9.95. The highest BCUT2D eigenvalue weighted by atomic mass is 16.5. The van der Waals surface area contributed by atoms with E-state index >= 15 is 0 Å². The van der Waals surface area contributed by atoms with Gasteiger partial charge in [0.15, 0.2) is 0 Å². The van der Waals surface area contributed by atoms with E-state index in [1.54, 1.807) is 12.4 Å². The van der Waals surface area contributed by atoms with Crippen LogP contribution in [0.2, 0.25) is 0 Å². The molecule has 1 aromatic heterocycles. The number of aromatic carboxylic acids is 1. The number of pyridine rings is 1. The van der Waals surface area contributed by atoms with Gasteiger partial charge in [-0.05, 0) is 71.0 Å². The fourth-order valence-corrected chi connectivity index (χ4v) is 4.42. The van der Waals surface area contributed by atoms with Crippen LogP contribution in [0.4, 0.5) is 11.4 Å². The van der Waals surface area contributed by atoms with E-state index in [-0.39, 0.29) is 0 Å². The lowest BCUT2D eigenvalue weighted by Gasteiger charge is -2.27. The molecule has 2 heterocycles. The Morgan fingerprint density at radius 1 is 1.00 bits per heavy atom. The molecule has 0 bridgehead atoms. The van der Waals surface area contributed by atoms with E-state index in [0.717, 1.165) is 59.4 Å². The van der Waals surface area contributed by atoms with Gasteiger partial charge in [0.25, 0.3) is 0 Å². The molecule has 2 aromatic carbocycles.